The summed E-state index contributed by atoms with van der Waals surface area (Å²) in [6.07, 6.45) is 2.03. The Kier molecular flexibility index (Phi) is 6.49. The number of carbonyl (C=O) groups is 1. The third kappa shape index (κ3) is 5.03. The van der Waals surface area contributed by atoms with Crippen molar-refractivity contribution in [2.45, 2.75) is 30.1 Å². The van der Waals surface area contributed by atoms with Gasteiger partial charge in [0.2, 0.25) is 15.9 Å². The molecule has 1 amide bonds. The van der Waals surface area contributed by atoms with Crippen molar-refractivity contribution in [3.63, 3.8) is 0 Å². The van der Waals surface area contributed by atoms with Gasteiger partial charge in [-0.05, 0) is 48.2 Å². The molecule has 0 spiro atoms. The molecular weight excluding hydrogens is 408 g/mol. The fourth-order valence-corrected chi connectivity index (χ4v) is 5.09. The van der Waals surface area contributed by atoms with Crippen molar-refractivity contribution in [1.29, 1.82) is 0 Å². The average Bonchev–Trinajstić information content (AvgIpc) is 3.24. The molecule has 3 aromatic rings. The molecule has 1 heterocycles. The van der Waals surface area contributed by atoms with Crippen LogP contribution in [0, 0.1) is 0 Å². The molecule has 0 aromatic heterocycles. The van der Waals surface area contributed by atoms with Gasteiger partial charge in [-0.3, -0.25) is 4.79 Å². The maximum atomic E-state index is 12.8. The molecule has 1 saturated heterocycles. The number of hydrogen-bond acceptors (Lipinski definition) is 3. The number of amides is 1. The molecule has 1 aliphatic rings. The smallest absolute Gasteiger partial charge is 0.240 e. The van der Waals surface area contributed by atoms with Gasteiger partial charge in [-0.15, -0.1) is 0 Å². The lowest BCUT2D eigenvalue weighted by Crippen LogP contribution is -2.26. The third-order valence-corrected chi connectivity index (χ3v) is 7.14. The van der Waals surface area contributed by atoms with Crippen molar-refractivity contribution in [2.75, 3.05) is 18.0 Å². The molecule has 1 N–H and O–H groups in total. The van der Waals surface area contributed by atoms with E-state index in [2.05, 4.69) is 29.0 Å². The molecule has 0 radical (unpaired) electrons. The zero-order valence-electron chi connectivity index (χ0n) is 17.3. The van der Waals surface area contributed by atoms with Crippen molar-refractivity contribution >= 4 is 21.6 Å². The Hall–Kier alpha value is -2.96. The second-order valence-corrected chi connectivity index (χ2v) is 9.47. The summed E-state index contributed by atoms with van der Waals surface area (Å²) in [7, 11) is -3.63. The molecule has 1 fully saturated rings. The Morgan fingerprint density at radius 2 is 1.42 bits per heavy atom. The highest BCUT2D eigenvalue weighted by molar-refractivity contribution is 7.89. The summed E-state index contributed by atoms with van der Waals surface area (Å²) in [5, 5.41) is 0. The highest BCUT2D eigenvalue weighted by Gasteiger charge is 2.22. The van der Waals surface area contributed by atoms with Gasteiger partial charge >= 0.3 is 0 Å². The third-order valence-electron chi connectivity index (χ3n) is 5.66. The monoisotopic (exact) mass is 434 g/mol. The number of anilines is 1. The Morgan fingerprint density at radius 3 is 1.94 bits per heavy atom. The maximum Gasteiger partial charge on any atom is 0.240 e. The molecule has 0 atom stereocenters. The van der Waals surface area contributed by atoms with Crippen molar-refractivity contribution in [3.05, 3.63) is 96.1 Å². The molecule has 0 unspecified atom stereocenters. The molecule has 0 bridgehead atoms. The molecule has 5 nitrogen and oxygen atoms in total. The van der Waals surface area contributed by atoms with Crippen molar-refractivity contribution in [1.82, 2.24) is 4.72 Å². The van der Waals surface area contributed by atoms with E-state index in [0.717, 1.165) is 23.2 Å². The molecule has 1 aliphatic heterocycles. The Bertz CT molecular complexity index is 1070. The summed E-state index contributed by atoms with van der Waals surface area (Å²) < 4.78 is 28.3. The number of rotatable bonds is 8. The molecule has 0 saturated carbocycles. The summed E-state index contributed by atoms with van der Waals surface area (Å²) in [6.45, 7) is 1.01. The van der Waals surface area contributed by atoms with Gasteiger partial charge in [0.05, 0.1) is 4.90 Å². The lowest BCUT2D eigenvalue weighted by Gasteiger charge is -2.19. The van der Waals surface area contributed by atoms with E-state index in [9.17, 15) is 13.2 Å². The number of hydrogen-bond donors (Lipinski definition) is 1. The van der Waals surface area contributed by atoms with Gasteiger partial charge in [0, 0.05) is 31.1 Å². The van der Waals surface area contributed by atoms with E-state index < -0.39 is 10.0 Å². The SMILES string of the molecule is O=C1CCCN1c1ccc(S(=O)(=O)NCCC(c2ccccc2)c2ccccc2)cc1. The van der Waals surface area contributed by atoms with Gasteiger partial charge in [0.15, 0.2) is 0 Å². The van der Waals surface area contributed by atoms with E-state index in [0.29, 0.717) is 25.9 Å². The molecule has 31 heavy (non-hydrogen) atoms. The first-order valence-electron chi connectivity index (χ1n) is 10.5. The zero-order chi connectivity index (χ0) is 21.7. The van der Waals surface area contributed by atoms with Crippen LogP contribution in [0.5, 0.6) is 0 Å². The van der Waals surface area contributed by atoms with E-state index in [4.69, 9.17) is 0 Å². The summed E-state index contributed by atoms with van der Waals surface area (Å²) in [6, 6.07) is 26.8. The van der Waals surface area contributed by atoms with Gasteiger partial charge in [0.1, 0.15) is 0 Å². The second kappa shape index (κ2) is 9.45. The fourth-order valence-electron chi connectivity index (χ4n) is 4.04. The van der Waals surface area contributed by atoms with Crippen molar-refractivity contribution in [3.8, 4) is 0 Å². The minimum Gasteiger partial charge on any atom is -0.312 e. The summed E-state index contributed by atoms with van der Waals surface area (Å²) >= 11 is 0. The number of carbonyl (C=O) groups excluding carboxylic acids is 1. The van der Waals surface area contributed by atoms with E-state index >= 15 is 0 Å². The van der Waals surface area contributed by atoms with Gasteiger partial charge in [-0.1, -0.05) is 60.7 Å². The van der Waals surface area contributed by atoms with Crippen LogP contribution in [0.4, 0.5) is 5.69 Å². The quantitative estimate of drug-likeness (QED) is 0.574. The average molecular weight is 435 g/mol. The van der Waals surface area contributed by atoms with E-state index in [-0.39, 0.29) is 16.7 Å². The molecule has 160 valence electrons. The summed E-state index contributed by atoms with van der Waals surface area (Å²) in [5.74, 6) is 0.190. The molecule has 0 aliphatic carbocycles. The van der Waals surface area contributed by atoms with Crippen LogP contribution >= 0.6 is 0 Å². The van der Waals surface area contributed by atoms with Gasteiger partial charge in [0.25, 0.3) is 0 Å². The van der Waals surface area contributed by atoms with Crippen LogP contribution in [0.15, 0.2) is 89.8 Å². The summed E-state index contributed by atoms with van der Waals surface area (Å²) in [5.41, 5.74) is 3.06. The van der Waals surface area contributed by atoms with Gasteiger partial charge in [-0.25, -0.2) is 13.1 Å². The second-order valence-electron chi connectivity index (χ2n) is 7.70. The van der Waals surface area contributed by atoms with Crippen LogP contribution in [0.1, 0.15) is 36.3 Å². The van der Waals surface area contributed by atoms with Crippen LogP contribution in [0.25, 0.3) is 0 Å². The number of benzene rings is 3. The standard InChI is InChI=1S/C25H26N2O3S/c28-25-12-7-19-27(25)22-13-15-23(16-14-22)31(29,30)26-18-17-24(20-8-3-1-4-9-20)21-10-5-2-6-11-21/h1-6,8-11,13-16,24,26H,7,12,17-19H2. The predicted molar refractivity (Wildman–Crippen MR) is 123 cm³/mol. The van der Waals surface area contributed by atoms with Crippen molar-refractivity contribution < 1.29 is 13.2 Å². The number of nitrogens with one attached hydrogen (secondary N) is 1. The van der Waals surface area contributed by atoms with E-state index in [1.807, 2.05) is 36.4 Å². The van der Waals surface area contributed by atoms with Gasteiger partial charge in [-0.2, -0.15) is 0 Å². The zero-order valence-corrected chi connectivity index (χ0v) is 18.1. The van der Waals surface area contributed by atoms with Crippen LogP contribution in [0.2, 0.25) is 0 Å². The molecule has 4 rings (SSSR count). The molecule has 6 heteroatoms. The first-order valence-corrected chi connectivity index (χ1v) is 12.0. The fraction of sp³-hybridized carbons (Fsp3) is 0.240. The van der Waals surface area contributed by atoms with Crippen molar-refractivity contribution in [2.24, 2.45) is 0 Å². The topological polar surface area (TPSA) is 66.5 Å². The van der Waals surface area contributed by atoms with Crippen LogP contribution in [-0.2, 0) is 14.8 Å². The Labute approximate surface area is 183 Å². The van der Waals surface area contributed by atoms with E-state index in [1.165, 1.54) is 0 Å². The van der Waals surface area contributed by atoms with Gasteiger partial charge < -0.3 is 4.90 Å². The first kappa shape index (κ1) is 21.3. The van der Waals surface area contributed by atoms with Crippen LogP contribution in [-0.4, -0.2) is 27.4 Å². The Balaban J connectivity index is 1.44. The largest absolute Gasteiger partial charge is 0.312 e. The lowest BCUT2D eigenvalue weighted by atomic mass is 9.89. The molecular formula is C25H26N2O3S. The maximum absolute atomic E-state index is 12.8. The first-order chi connectivity index (χ1) is 15.0. The van der Waals surface area contributed by atoms with Crippen LogP contribution < -0.4 is 9.62 Å². The minimum atomic E-state index is -3.63. The predicted octanol–water partition coefficient (Wildman–Crippen LogP) is 4.31. The highest BCUT2D eigenvalue weighted by Crippen LogP contribution is 2.28. The molecule has 3 aromatic carbocycles. The lowest BCUT2D eigenvalue weighted by molar-refractivity contribution is -0.117. The normalized spacial score (nSPS) is 14.4. The van der Waals surface area contributed by atoms with Crippen LogP contribution in [0.3, 0.4) is 0 Å². The Morgan fingerprint density at radius 1 is 0.839 bits per heavy atom. The number of sulfonamides is 1. The summed E-state index contributed by atoms with van der Waals surface area (Å²) in [4.78, 5) is 13.8. The number of nitrogens with zero attached hydrogens (tertiary/aromatic N) is 1. The highest BCUT2D eigenvalue weighted by atomic mass is 32.2. The minimum absolute atomic E-state index is 0.0848. The van der Waals surface area contributed by atoms with E-state index in [1.54, 1.807) is 29.2 Å².